The molecule has 0 fully saturated rings. The number of benzene rings is 1. The second kappa shape index (κ2) is 7.90. The zero-order chi connectivity index (χ0) is 13.5. The average Bonchev–Trinajstić information content (AvgIpc) is 2.35. The van der Waals surface area contributed by atoms with Crippen LogP contribution in [0.25, 0.3) is 0 Å². The van der Waals surface area contributed by atoms with Crippen molar-refractivity contribution in [2.75, 3.05) is 7.05 Å². The molecule has 1 atom stereocenters. The van der Waals surface area contributed by atoms with Crippen LogP contribution in [-0.4, -0.2) is 7.05 Å². The van der Waals surface area contributed by atoms with Crippen LogP contribution >= 0.6 is 15.9 Å². The third kappa shape index (κ3) is 4.06. The van der Waals surface area contributed by atoms with E-state index in [1.165, 1.54) is 0 Å². The van der Waals surface area contributed by atoms with Crippen molar-refractivity contribution in [1.29, 1.82) is 0 Å². The summed E-state index contributed by atoms with van der Waals surface area (Å²) >= 11 is 3.43. The van der Waals surface area contributed by atoms with Crippen LogP contribution in [0.5, 0.6) is 0 Å². The van der Waals surface area contributed by atoms with Crippen LogP contribution in [0.15, 0.2) is 22.7 Å². The summed E-state index contributed by atoms with van der Waals surface area (Å²) in [6, 6.07) is 5.29. The lowest BCUT2D eigenvalue weighted by molar-refractivity contribution is 0.323. The van der Waals surface area contributed by atoms with Crippen LogP contribution in [0.1, 0.15) is 51.1 Å². The molecule has 102 valence electrons. The Morgan fingerprint density at radius 2 is 1.83 bits per heavy atom. The van der Waals surface area contributed by atoms with E-state index in [0.717, 1.165) is 35.7 Å². The molecule has 1 N–H and O–H groups in total. The van der Waals surface area contributed by atoms with Crippen molar-refractivity contribution in [2.45, 2.75) is 45.6 Å². The molecular formula is C15H23BrFN. The van der Waals surface area contributed by atoms with E-state index in [-0.39, 0.29) is 11.9 Å². The first-order chi connectivity index (χ1) is 8.63. The Morgan fingerprint density at radius 1 is 1.22 bits per heavy atom. The molecule has 1 unspecified atom stereocenters. The van der Waals surface area contributed by atoms with Gasteiger partial charge >= 0.3 is 0 Å². The van der Waals surface area contributed by atoms with Crippen molar-refractivity contribution in [3.05, 3.63) is 34.1 Å². The van der Waals surface area contributed by atoms with Gasteiger partial charge in [0.1, 0.15) is 5.82 Å². The van der Waals surface area contributed by atoms with E-state index < -0.39 is 0 Å². The summed E-state index contributed by atoms with van der Waals surface area (Å²) in [7, 11) is 1.92. The van der Waals surface area contributed by atoms with E-state index in [1.54, 1.807) is 12.1 Å². The number of hydrogen-bond donors (Lipinski definition) is 1. The van der Waals surface area contributed by atoms with Gasteiger partial charge in [-0.3, -0.25) is 0 Å². The molecule has 0 heterocycles. The molecule has 0 radical (unpaired) electrons. The van der Waals surface area contributed by atoms with E-state index in [9.17, 15) is 4.39 Å². The van der Waals surface area contributed by atoms with Crippen LogP contribution in [0.2, 0.25) is 0 Å². The van der Waals surface area contributed by atoms with Crippen LogP contribution in [-0.2, 0) is 0 Å². The Bertz CT molecular complexity index is 362. The zero-order valence-electron chi connectivity index (χ0n) is 11.5. The van der Waals surface area contributed by atoms with Crippen molar-refractivity contribution >= 4 is 15.9 Å². The SMILES string of the molecule is CCCC(CCC)C(NC)c1cc(Br)ccc1F. The molecule has 0 amide bonds. The molecule has 1 aromatic rings. The lowest BCUT2D eigenvalue weighted by atomic mass is 9.86. The fourth-order valence-corrected chi connectivity index (χ4v) is 3.00. The molecule has 0 spiro atoms. The maximum atomic E-state index is 14.0. The first kappa shape index (κ1) is 15.6. The molecule has 3 heteroatoms. The molecule has 0 bridgehead atoms. The normalized spacial score (nSPS) is 13.0. The Kier molecular flexibility index (Phi) is 6.87. The van der Waals surface area contributed by atoms with Crippen LogP contribution < -0.4 is 5.32 Å². The Morgan fingerprint density at radius 3 is 2.33 bits per heavy atom. The molecule has 1 aromatic carbocycles. The molecule has 0 aliphatic carbocycles. The number of halogens is 2. The summed E-state index contributed by atoms with van der Waals surface area (Å²) in [6.45, 7) is 4.37. The summed E-state index contributed by atoms with van der Waals surface area (Å²) in [6.07, 6.45) is 4.54. The quantitative estimate of drug-likeness (QED) is 0.741. The van der Waals surface area contributed by atoms with Gasteiger partial charge in [0.15, 0.2) is 0 Å². The van der Waals surface area contributed by atoms with E-state index in [4.69, 9.17) is 0 Å². The first-order valence-corrected chi connectivity index (χ1v) is 7.55. The monoisotopic (exact) mass is 315 g/mol. The first-order valence-electron chi connectivity index (χ1n) is 6.76. The van der Waals surface area contributed by atoms with E-state index in [0.29, 0.717) is 5.92 Å². The maximum Gasteiger partial charge on any atom is 0.128 e. The minimum Gasteiger partial charge on any atom is -0.313 e. The Labute approximate surface area is 118 Å². The van der Waals surface area contributed by atoms with Gasteiger partial charge in [-0.2, -0.15) is 0 Å². The van der Waals surface area contributed by atoms with E-state index in [1.807, 2.05) is 13.1 Å². The van der Waals surface area contributed by atoms with Gasteiger partial charge in [0.05, 0.1) is 0 Å². The Hall–Kier alpha value is -0.410. The van der Waals surface area contributed by atoms with Gasteiger partial charge in [0.2, 0.25) is 0 Å². The van der Waals surface area contributed by atoms with Crippen molar-refractivity contribution in [3.8, 4) is 0 Å². The standard InChI is InChI=1S/C15H23BrFN/c1-4-6-11(7-5-2)15(18-3)13-10-12(16)8-9-14(13)17/h8-11,15,18H,4-7H2,1-3H3. The number of rotatable bonds is 7. The highest BCUT2D eigenvalue weighted by Crippen LogP contribution is 2.32. The van der Waals surface area contributed by atoms with Gasteiger partial charge in [-0.05, 0) is 44.0 Å². The van der Waals surface area contributed by atoms with Crippen LogP contribution in [0.4, 0.5) is 4.39 Å². The van der Waals surface area contributed by atoms with Crippen molar-refractivity contribution < 1.29 is 4.39 Å². The molecular weight excluding hydrogens is 293 g/mol. The summed E-state index contributed by atoms with van der Waals surface area (Å²) in [4.78, 5) is 0. The summed E-state index contributed by atoms with van der Waals surface area (Å²) in [5.41, 5.74) is 0.777. The molecule has 0 aliphatic heterocycles. The van der Waals surface area contributed by atoms with E-state index >= 15 is 0 Å². The molecule has 1 nitrogen and oxygen atoms in total. The predicted molar refractivity (Wildman–Crippen MR) is 79.2 cm³/mol. The van der Waals surface area contributed by atoms with Gasteiger partial charge in [0.25, 0.3) is 0 Å². The summed E-state index contributed by atoms with van der Waals surface area (Å²) in [5.74, 6) is 0.378. The molecule has 0 aliphatic rings. The number of nitrogens with one attached hydrogen (secondary N) is 1. The fraction of sp³-hybridized carbons (Fsp3) is 0.600. The van der Waals surface area contributed by atoms with Crippen molar-refractivity contribution in [1.82, 2.24) is 5.32 Å². The highest BCUT2D eigenvalue weighted by Gasteiger charge is 2.23. The lowest BCUT2D eigenvalue weighted by Crippen LogP contribution is -2.26. The Balaban J connectivity index is 3.01. The van der Waals surface area contributed by atoms with Crippen molar-refractivity contribution in [2.24, 2.45) is 5.92 Å². The third-order valence-electron chi connectivity index (χ3n) is 3.39. The lowest BCUT2D eigenvalue weighted by Gasteiger charge is -2.27. The summed E-state index contributed by atoms with van der Waals surface area (Å²) < 4.78 is 14.9. The van der Waals surface area contributed by atoms with Gasteiger partial charge < -0.3 is 5.32 Å². The second-order valence-electron chi connectivity index (χ2n) is 4.77. The maximum absolute atomic E-state index is 14.0. The number of hydrogen-bond acceptors (Lipinski definition) is 1. The zero-order valence-corrected chi connectivity index (χ0v) is 13.1. The fourth-order valence-electron chi connectivity index (χ4n) is 2.62. The summed E-state index contributed by atoms with van der Waals surface area (Å²) in [5, 5.41) is 3.30. The molecule has 0 aromatic heterocycles. The largest absolute Gasteiger partial charge is 0.313 e. The van der Waals surface area contributed by atoms with Gasteiger partial charge in [-0.1, -0.05) is 42.6 Å². The molecule has 0 saturated heterocycles. The van der Waals surface area contributed by atoms with Gasteiger partial charge in [-0.15, -0.1) is 0 Å². The van der Waals surface area contributed by atoms with Gasteiger partial charge in [-0.25, -0.2) is 4.39 Å². The van der Waals surface area contributed by atoms with Crippen molar-refractivity contribution in [3.63, 3.8) is 0 Å². The minimum absolute atomic E-state index is 0.0994. The molecule has 1 rings (SSSR count). The average molecular weight is 316 g/mol. The highest BCUT2D eigenvalue weighted by atomic mass is 79.9. The van der Waals surface area contributed by atoms with E-state index in [2.05, 4.69) is 35.1 Å². The molecule has 18 heavy (non-hydrogen) atoms. The minimum atomic E-state index is -0.116. The van der Waals surface area contributed by atoms with Crippen LogP contribution in [0.3, 0.4) is 0 Å². The topological polar surface area (TPSA) is 12.0 Å². The van der Waals surface area contributed by atoms with Crippen LogP contribution in [0, 0.1) is 11.7 Å². The van der Waals surface area contributed by atoms with Gasteiger partial charge in [0, 0.05) is 16.1 Å². The smallest absolute Gasteiger partial charge is 0.128 e. The highest BCUT2D eigenvalue weighted by molar-refractivity contribution is 9.10. The third-order valence-corrected chi connectivity index (χ3v) is 3.89. The second-order valence-corrected chi connectivity index (χ2v) is 5.69. The predicted octanol–water partition coefficient (Wildman–Crippen LogP) is 5.07. The molecule has 0 saturated carbocycles.